The summed E-state index contributed by atoms with van der Waals surface area (Å²) in [6.07, 6.45) is 1.81. The zero-order valence-electron chi connectivity index (χ0n) is 12.4. The van der Waals surface area contributed by atoms with Crippen molar-refractivity contribution in [1.82, 2.24) is 4.98 Å². The van der Waals surface area contributed by atoms with Gasteiger partial charge in [-0.3, -0.25) is 9.59 Å². The van der Waals surface area contributed by atoms with Crippen LogP contribution in [0.2, 0.25) is 5.02 Å². The third-order valence-corrected chi connectivity index (χ3v) is 3.66. The van der Waals surface area contributed by atoms with Crippen LogP contribution in [-0.4, -0.2) is 23.5 Å². The smallest absolute Gasteiger partial charge is 0.417 e. The molecule has 1 N–H and O–H groups in total. The number of alkyl halides is 3. The van der Waals surface area contributed by atoms with Crippen molar-refractivity contribution in [3.63, 3.8) is 0 Å². The summed E-state index contributed by atoms with van der Waals surface area (Å²) < 4.78 is 42.4. The molecule has 9 heteroatoms. The fourth-order valence-corrected chi connectivity index (χ4v) is 2.33. The van der Waals surface area contributed by atoms with Gasteiger partial charge in [-0.2, -0.15) is 13.2 Å². The number of carbonyl (C=O) groups excluding carboxylic acids is 2. The van der Waals surface area contributed by atoms with Crippen LogP contribution in [0.4, 0.5) is 19.0 Å². The zero-order valence-corrected chi connectivity index (χ0v) is 13.2. The van der Waals surface area contributed by atoms with Crippen molar-refractivity contribution in [2.45, 2.75) is 25.4 Å². The second-order valence-corrected chi connectivity index (χ2v) is 5.60. The van der Waals surface area contributed by atoms with Crippen molar-refractivity contribution in [2.24, 2.45) is 5.92 Å². The Hall–Kier alpha value is -2.09. The van der Waals surface area contributed by atoms with E-state index in [-0.39, 0.29) is 16.8 Å². The standard InChI is InChI=1S/C15H14ClF3N2O3/c16-11-6-10(15(17,18)19)7-20-13(11)21-12(22)8-24-14(23)9-4-2-1-3-5-9/h1-2,6-7,9H,3-5,8H2,(H,20,21,22)/t9-/m0/s1. The highest BCUT2D eigenvalue weighted by molar-refractivity contribution is 6.33. The summed E-state index contributed by atoms with van der Waals surface area (Å²) in [6.45, 7) is -0.557. The van der Waals surface area contributed by atoms with E-state index in [1.165, 1.54) is 0 Å². The molecule has 0 saturated carbocycles. The third kappa shape index (κ3) is 4.95. The van der Waals surface area contributed by atoms with Gasteiger partial charge in [0.2, 0.25) is 0 Å². The molecular formula is C15H14ClF3N2O3. The minimum absolute atomic E-state index is 0.230. The average Bonchev–Trinajstić information content (AvgIpc) is 2.54. The van der Waals surface area contributed by atoms with Crippen LogP contribution in [0.15, 0.2) is 24.4 Å². The Morgan fingerprint density at radius 1 is 1.38 bits per heavy atom. The Morgan fingerprint density at radius 3 is 2.71 bits per heavy atom. The fraction of sp³-hybridized carbons (Fsp3) is 0.400. The highest BCUT2D eigenvalue weighted by atomic mass is 35.5. The lowest BCUT2D eigenvalue weighted by Crippen LogP contribution is -2.25. The maximum absolute atomic E-state index is 12.5. The van der Waals surface area contributed by atoms with Gasteiger partial charge < -0.3 is 10.1 Å². The van der Waals surface area contributed by atoms with E-state index in [2.05, 4.69) is 10.3 Å². The number of hydrogen-bond acceptors (Lipinski definition) is 4. The molecule has 1 aliphatic rings. The highest BCUT2D eigenvalue weighted by Gasteiger charge is 2.31. The molecule has 1 amide bonds. The summed E-state index contributed by atoms with van der Waals surface area (Å²) in [7, 11) is 0. The normalized spacial score (nSPS) is 17.4. The van der Waals surface area contributed by atoms with Gasteiger partial charge in [-0.25, -0.2) is 4.98 Å². The van der Waals surface area contributed by atoms with Crippen LogP contribution in [0, 0.1) is 5.92 Å². The molecule has 1 aromatic rings. The zero-order chi connectivity index (χ0) is 17.7. The molecule has 0 saturated heterocycles. The van der Waals surface area contributed by atoms with Crippen molar-refractivity contribution in [3.05, 3.63) is 35.0 Å². The monoisotopic (exact) mass is 362 g/mol. The Morgan fingerprint density at radius 2 is 2.12 bits per heavy atom. The van der Waals surface area contributed by atoms with Gasteiger partial charge in [-0.1, -0.05) is 23.8 Å². The lowest BCUT2D eigenvalue weighted by Gasteiger charge is -2.16. The number of nitrogens with one attached hydrogen (secondary N) is 1. The van der Waals surface area contributed by atoms with Crippen LogP contribution >= 0.6 is 11.6 Å². The molecule has 0 bridgehead atoms. The molecule has 1 aliphatic carbocycles. The van der Waals surface area contributed by atoms with Crippen LogP contribution in [0.5, 0.6) is 0 Å². The van der Waals surface area contributed by atoms with Gasteiger partial charge in [0.1, 0.15) is 0 Å². The fourth-order valence-electron chi connectivity index (χ4n) is 2.12. The second kappa shape index (κ2) is 7.65. The summed E-state index contributed by atoms with van der Waals surface area (Å²) in [6, 6.07) is 0.657. The second-order valence-electron chi connectivity index (χ2n) is 5.19. The van der Waals surface area contributed by atoms with Gasteiger partial charge >= 0.3 is 12.1 Å². The minimum atomic E-state index is -4.58. The maximum Gasteiger partial charge on any atom is 0.417 e. The first-order chi connectivity index (χ1) is 11.3. The summed E-state index contributed by atoms with van der Waals surface area (Å²) in [5, 5.41) is 1.85. The van der Waals surface area contributed by atoms with E-state index in [9.17, 15) is 22.8 Å². The van der Waals surface area contributed by atoms with Gasteiger partial charge in [-0.15, -0.1) is 0 Å². The molecule has 0 spiro atoms. The summed E-state index contributed by atoms with van der Waals surface area (Å²) in [5.74, 6) is -1.73. The number of amides is 1. The quantitative estimate of drug-likeness (QED) is 0.656. The molecule has 5 nitrogen and oxygen atoms in total. The molecule has 1 heterocycles. The number of anilines is 1. The number of pyridine rings is 1. The Balaban J connectivity index is 1.88. The maximum atomic E-state index is 12.5. The number of hydrogen-bond donors (Lipinski definition) is 1. The third-order valence-electron chi connectivity index (χ3n) is 3.37. The van der Waals surface area contributed by atoms with Crippen molar-refractivity contribution in [3.8, 4) is 0 Å². The number of rotatable bonds is 4. The van der Waals surface area contributed by atoms with Crippen molar-refractivity contribution >= 4 is 29.3 Å². The van der Waals surface area contributed by atoms with Gasteiger partial charge in [0.25, 0.3) is 5.91 Å². The average molecular weight is 363 g/mol. The molecule has 2 rings (SSSR count). The molecule has 0 radical (unpaired) electrons. The van der Waals surface area contributed by atoms with E-state index < -0.39 is 30.2 Å². The van der Waals surface area contributed by atoms with Crippen LogP contribution < -0.4 is 5.32 Å². The summed E-state index contributed by atoms with van der Waals surface area (Å²) in [4.78, 5) is 27.0. The molecule has 130 valence electrons. The molecule has 0 unspecified atom stereocenters. The Kier molecular flexibility index (Phi) is 5.82. The number of ether oxygens (including phenoxy) is 1. The van der Waals surface area contributed by atoms with E-state index in [0.717, 1.165) is 6.42 Å². The Bertz CT molecular complexity index is 662. The van der Waals surface area contributed by atoms with Gasteiger partial charge in [0, 0.05) is 6.20 Å². The van der Waals surface area contributed by atoms with Gasteiger partial charge in [-0.05, 0) is 25.3 Å². The molecule has 24 heavy (non-hydrogen) atoms. The lowest BCUT2D eigenvalue weighted by molar-refractivity contribution is -0.151. The predicted octanol–water partition coefficient (Wildman–Crippen LogP) is 3.59. The molecule has 0 fully saturated rings. The highest BCUT2D eigenvalue weighted by Crippen LogP contribution is 2.32. The van der Waals surface area contributed by atoms with Crippen LogP contribution in [0.1, 0.15) is 24.8 Å². The minimum Gasteiger partial charge on any atom is -0.455 e. The Labute approximate surface area is 140 Å². The summed E-state index contributed by atoms with van der Waals surface area (Å²) in [5.41, 5.74) is -1.03. The lowest BCUT2D eigenvalue weighted by atomic mass is 9.95. The molecule has 0 aliphatic heterocycles. The largest absolute Gasteiger partial charge is 0.455 e. The van der Waals surface area contributed by atoms with Crippen LogP contribution in [-0.2, 0) is 20.5 Å². The van der Waals surface area contributed by atoms with Crippen molar-refractivity contribution in [2.75, 3.05) is 11.9 Å². The number of nitrogens with zero attached hydrogens (tertiary/aromatic N) is 1. The first-order valence-corrected chi connectivity index (χ1v) is 7.49. The molecular weight excluding hydrogens is 349 g/mol. The first-order valence-electron chi connectivity index (χ1n) is 7.11. The SMILES string of the molecule is O=C(COC(=O)[C@H]1CC=CCC1)Nc1ncc(C(F)(F)F)cc1Cl. The number of halogens is 4. The number of allylic oxidation sites excluding steroid dienone is 2. The molecule has 1 aromatic heterocycles. The van der Waals surface area contributed by atoms with Gasteiger partial charge in [0.05, 0.1) is 16.5 Å². The number of esters is 1. The van der Waals surface area contributed by atoms with E-state index in [4.69, 9.17) is 16.3 Å². The van der Waals surface area contributed by atoms with Crippen LogP contribution in [0.25, 0.3) is 0 Å². The summed E-state index contributed by atoms with van der Waals surface area (Å²) >= 11 is 5.67. The van der Waals surface area contributed by atoms with Crippen LogP contribution in [0.3, 0.4) is 0 Å². The van der Waals surface area contributed by atoms with E-state index in [1.807, 2.05) is 12.2 Å². The van der Waals surface area contributed by atoms with E-state index in [0.29, 0.717) is 25.1 Å². The molecule has 1 atom stereocenters. The number of carbonyl (C=O) groups is 2. The van der Waals surface area contributed by atoms with E-state index >= 15 is 0 Å². The van der Waals surface area contributed by atoms with Crippen molar-refractivity contribution in [1.29, 1.82) is 0 Å². The van der Waals surface area contributed by atoms with Gasteiger partial charge in [0.15, 0.2) is 12.4 Å². The first kappa shape index (κ1) is 18.3. The topological polar surface area (TPSA) is 68.3 Å². The van der Waals surface area contributed by atoms with E-state index in [1.54, 1.807) is 0 Å². The van der Waals surface area contributed by atoms with Crippen molar-refractivity contribution < 1.29 is 27.5 Å². The molecule has 0 aromatic carbocycles. The predicted molar refractivity (Wildman–Crippen MR) is 80.3 cm³/mol. The number of aromatic nitrogens is 1.